The van der Waals surface area contributed by atoms with Crippen molar-refractivity contribution in [3.05, 3.63) is 22.0 Å². The average molecular weight is 415 g/mol. The summed E-state index contributed by atoms with van der Waals surface area (Å²) in [5, 5.41) is 30.8. The fraction of sp³-hybridized carbons (Fsp3) is 0.400. The van der Waals surface area contributed by atoms with Crippen molar-refractivity contribution in [1.82, 2.24) is 10.6 Å². The summed E-state index contributed by atoms with van der Waals surface area (Å²) >= 11 is 5.09. The first-order chi connectivity index (χ1) is 7.99. The maximum absolute atomic E-state index is 10.1. The van der Waals surface area contributed by atoms with Crippen LogP contribution in [0.5, 0.6) is 0 Å². The minimum Gasteiger partial charge on any atom is -0.394 e. The Labute approximate surface area is 123 Å². The van der Waals surface area contributed by atoms with E-state index >= 15 is 0 Å². The summed E-state index contributed by atoms with van der Waals surface area (Å²) < 4.78 is 0.780. The Balaban J connectivity index is 5.29. The number of hydrogen-bond donors (Lipinski definition) is 5. The van der Waals surface area contributed by atoms with Gasteiger partial charge in [0.15, 0.2) is 0 Å². The van der Waals surface area contributed by atoms with E-state index in [0.29, 0.717) is 22.3 Å². The predicted octanol–water partition coefficient (Wildman–Crippen LogP) is 1.73. The highest BCUT2D eigenvalue weighted by molar-refractivity contribution is 14.1. The minimum absolute atomic E-state index is 0.223. The Morgan fingerprint density at radius 3 is 2.53 bits per heavy atom. The molecule has 0 aliphatic heterocycles. The summed E-state index contributed by atoms with van der Waals surface area (Å²) in [6, 6.07) is 0. The normalized spacial score (nSPS) is 14.8. The van der Waals surface area contributed by atoms with E-state index in [4.69, 9.17) is 10.8 Å². The van der Waals surface area contributed by atoms with Crippen LogP contribution in [0, 0.1) is 10.8 Å². The van der Waals surface area contributed by atoms with Gasteiger partial charge < -0.3 is 21.1 Å². The van der Waals surface area contributed by atoms with Gasteiger partial charge >= 0.3 is 0 Å². The van der Waals surface area contributed by atoms with E-state index in [0.717, 1.165) is 6.21 Å². The first kappa shape index (κ1) is 16.6. The Bertz CT molecular complexity index is 354. The maximum Gasteiger partial charge on any atom is 0.112 e. The first-order valence-electron chi connectivity index (χ1n) is 4.93. The molecule has 0 aliphatic carbocycles. The summed E-state index contributed by atoms with van der Waals surface area (Å²) in [5.74, 6) is 0. The summed E-state index contributed by atoms with van der Waals surface area (Å²) in [4.78, 5) is 0. The van der Waals surface area contributed by atoms with Crippen LogP contribution in [0.3, 0.4) is 0 Å². The van der Waals surface area contributed by atoms with Crippen molar-refractivity contribution in [3.8, 4) is 0 Å². The standard InChI is InChI=1S/C10H16BrIN4O/c1-3-16-9(11)6(4-13)8(17)7(5-15-2)10(12)14/h4-5,8,13-17H,3H2,1-2H3/b7-5-,9-6+,13-4?,14-10?. The Morgan fingerprint density at radius 2 is 2.18 bits per heavy atom. The van der Waals surface area contributed by atoms with Gasteiger partial charge in [0.1, 0.15) is 6.10 Å². The number of nitrogens with one attached hydrogen (secondary N) is 4. The number of hydrogen-bond acceptors (Lipinski definition) is 5. The maximum atomic E-state index is 10.1. The molecule has 5 nitrogen and oxygen atoms in total. The van der Waals surface area contributed by atoms with Crippen LogP contribution in [0.1, 0.15) is 6.92 Å². The molecular weight excluding hydrogens is 399 g/mol. The van der Waals surface area contributed by atoms with E-state index in [1.165, 1.54) is 0 Å². The quantitative estimate of drug-likeness (QED) is 0.249. The highest BCUT2D eigenvalue weighted by Gasteiger charge is 2.19. The zero-order valence-corrected chi connectivity index (χ0v) is 13.4. The van der Waals surface area contributed by atoms with Crippen LogP contribution >= 0.6 is 38.5 Å². The van der Waals surface area contributed by atoms with E-state index in [9.17, 15) is 5.11 Å². The fourth-order valence-corrected chi connectivity index (χ4v) is 2.17. The second kappa shape index (κ2) is 8.65. The van der Waals surface area contributed by atoms with Gasteiger partial charge in [0.2, 0.25) is 0 Å². The van der Waals surface area contributed by atoms with Crippen molar-refractivity contribution in [2.24, 2.45) is 0 Å². The molecule has 17 heavy (non-hydrogen) atoms. The van der Waals surface area contributed by atoms with E-state index < -0.39 is 6.10 Å². The number of rotatable bonds is 7. The number of aliphatic hydroxyl groups excluding tert-OH is 1. The molecule has 0 aliphatic rings. The van der Waals surface area contributed by atoms with E-state index in [1.807, 2.05) is 29.5 Å². The molecule has 1 unspecified atom stereocenters. The molecule has 1 atom stereocenters. The lowest BCUT2D eigenvalue weighted by molar-refractivity contribution is 0.258. The van der Waals surface area contributed by atoms with Crippen molar-refractivity contribution in [3.63, 3.8) is 0 Å². The van der Waals surface area contributed by atoms with Gasteiger partial charge in [-0.3, -0.25) is 5.41 Å². The largest absolute Gasteiger partial charge is 0.394 e. The fourth-order valence-electron chi connectivity index (χ4n) is 1.10. The third-order valence-corrected chi connectivity index (χ3v) is 3.24. The highest BCUT2D eigenvalue weighted by atomic mass is 127. The Kier molecular flexibility index (Phi) is 8.44. The third-order valence-electron chi connectivity index (χ3n) is 1.88. The molecule has 0 fully saturated rings. The lowest BCUT2D eigenvalue weighted by Crippen LogP contribution is -2.24. The first-order valence-corrected chi connectivity index (χ1v) is 6.80. The van der Waals surface area contributed by atoms with Gasteiger partial charge in [-0.2, -0.15) is 0 Å². The molecule has 0 aromatic rings. The van der Waals surface area contributed by atoms with Crippen LogP contribution in [0.4, 0.5) is 0 Å². The Hall–Kier alpha value is -0.410. The summed E-state index contributed by atoms with van der Waals surface area (Å²) in [6.45, 7) is 2.59. The smallest absolute Gasteiger partial charge is 0.112 e. The lowest BCUT2D eigenvalue weighted by Gasteiger charge is -2.16. The van der Waals surface area contributed by atoms with Crippen LogP contribution in [0.2, 0.25) is 0 Å². The molecule has 0 radical (unpaired) electrons. The van der Waals surface area contributed by atoms with Gasteiger partial charge in [0.05, 0.1) is 8.32 Å². The topological polar surface area (TPSA) is 92.0 Å². The second-order valence-electron chi connectivity index (χ2n) is 3.05. The lowest BCUT2D eigenvalue weighted by atomic mass is 10.0. The van der Waals surface area contributed by atoms with Crippen molar-refractivity contribution in [1.29, 1.82) is 10.8 Å². The SMILES string of the molecule is CCN/C(Br)=C(\C=N)C(O)/C(=C/NC)C(=N)I. The molecule has 7 heteroatoms. The van der Waals surface area contributed by atoms with Gasteiger partial charge in [-0.25, -0.2) is 0 Å². The molecule has 0 aromatic heterocycles. The molecule has 0 amide bonds. The van der Waals surface area contributed by atoms with Crippen LogP contribution in [0.25, 0.3) is 0 Å². The van der Waals surface area contributed by atoms with Crippen LogP contribution in [0.15, 0.2) is 22.0 Å². The molecule has 0 spiro atoms. The van der Waals surface area contributed by atoms with Crippen molar-refractivity contribution in [2.45, 2.75) is 13.0 Å². The number of halogens is 2. The molecule has 0 bridgehead atoms. The van der Waals surface area contributed by atoms with Gasteiger partial charge in [0, 0.05) is 37.2 Å². The zero-order chi connectivity index (χ0) is 13.4. The molecule has 96 valence electrons. The van der Waals surface area contributed by atoms with Crippen LogP contribution in [-0.4, -0.2) is 34.7 Å². The summed E-state index contributed by atoms with van der Waals surface area (Å²) in [7, 11) is 1.69. The molecule has 0 aromatic carbocycles. The number of aliphatic hydroxyl groups is 1. The molecule has 5 N–H and O–H groups in total. The van der Waals surface area contributed by atoms with Crippen LogP contribution in [-0.2, 0) is 0 Å². The van der Waals surface area contributed by atoms with E-state index in [1.54, 1.807) is 13.2 Å². The van der Waals surface area contributed by atoms with Crippen molar-refractivity contribution in [2.75, 3.05) is 13.6 Å². The Morgan fingerprint density at radius 1 is 1.59 bits per heavy atom. The van der Waals surface area contributed by atoms with E-state index in [-0.39, 0.29) is 3.72 Å². The van der Waals surface area contributed by atoms with E-state index in [2.05, 4.69) is 26.6 Å². The summed E-state index contributed by atoms with van der Waals surface area (Å²) in [5.41, 5.74) is 0.802. The third kappa shape index (κ3) is 5.17. The van der Waals surface area contributed by atoms with Crippen molar-refractivity contribution >= 4 is 48.5 Å². The van der Waals surface area contributed by atoms with Gasteiger partial charge in [-0.15, -0.1) is 0 Å². The molecular formula is C10H16BrIN4O. The minimum atomic E-state index is -1.02. The zero-order valence-electron chi connectivity index (χ0n) is 9.64. The molecule has 0 saturated heterocycles. The monoisotopic (exact) mass is 414 g/mol. The van der Waals surface area contributed by atoms with Crippen molar-refractivity contribution < 1.29 is 5.11 Å². The molecule has 0 saturated carbocycles. The van der Waals surface area contributed by atoms with Gasteiger partial charge in [0.25, 0.3) is 0 Å². The summed E-state index contributed by atoms with van der Waals surface area (Å²) in [6.07, 6.45) is 1.60. The molecule has 0 rings (SSSR count). The van der Waals surface area contributed by atoms with Gasteiger partial charge in [-0.1, -0.05) is 0 Å². The van der Waals surface area contributed by atoms with Crippen LogP contribution < -0.4 is 10.6 Å². The van der Waals surface area contributed by atoms with Gasteiger partial charge in [-0.05, 0) is 45.4 Å². The second-order valence-corrected chi connectivity index (χ2v) is 4.92. The predicted molar refractivity (Wildman–Crippen MR) is 83.3 cm³/mol. The highest BCUT2D eigenvalue weighted by Crippen LogP contribution is 2.19. The molecule has 0 heterocycles. The average Bonchev–Trinajstić information content (AvgIpc) is 2.26.